The van der Waals surface area contributed by atoms with Crippen molar-refractivity contribution >= 4 is 5.69 Å². The van der Waals surface area contributed by atoms with E-state index in [1.54, 1.807) is 36.7 Å². The first-order valence-corrected chi connectivity index (χ1v) is 4.23. The van der Waals surface area contributed by atoms with Crippen molar-refractivity contribution in [1.29, 1.82) is 0 Å². The SMILES string of the molecule is Nc1c(F)cccc1-c1ccncc1. The van der Waals surface area contributed by atoms with Crippen molar-refractivity contribution in [1.82, 2.24) is 4.98 Å². The predicted octanol–water partition coefficient (Wildman–Crippen LogP) is 2.47. The number of hydrogen-bond donors (Lipinski definition) is 1. The monoisotopic (exact) mass is 188 g/mol. The molecule has 0 unspecified atom stereocenters. The molecule has 0 bridgehead atoms. The summed E-state index contributed by atoms with van der Waals surface area (Å²) in [5, 5.41) is 0. The van der Waals surface area contributed by atoms with Crippen molar-refractivity contribution in [2.24, 2.45) is 0 Å². The zero-order valence-corrected chi connectivity index (χ0v) is 7.44. The molecule has 2 nitrogen and oxygen atoms in total. The molecule has 2 aromatic rings. The Hall–Kier alpha value is -1.90. The Labute approximate surface area is 81.2 Å². The second-order valence-electron chi connectivity index (χ2n) is 2.94. The highest BCUT2D eigenvalue weighted by atomic mass is 19.1. The van der Waals surface area contributed by atoms with Crippen LogP contribution in [0.3, 0.4) is 0 Å². The van der Waals surface area contributed by atoms with Gasteiger partial charge in [0.25, 0.3) is 0 Å². The molecule has 3 heteroatoms. The van der Waals surface area contributed by atoms with Gasteiger partial charge in [-0.1, -0.05) is 12.1 Å². The van der Waals surface area contributed by atoms with E-state index in [0.29, 0.717) is 5.56 Å². The third kappa shape index (κ3) is 1.44. The lowest BCUT2D eigenvalue weighted by Gasteiger charge is -2.05. The average molecular weight is 188 g/mol. The molecular formula is C11H9FN2. The van der Waals surface area contributed by atoms with Gasteiger partial charge >= 0.3 is 0 Å². The zero-order valence-electron chi connectivity index (χ0n) is 7.44. The maximum atomic E-state index is 13.1. The van der Waals surface area contributed by atoms with E-state index in [1.165, 1.54) is 6.07 Å². The van der Waals surface area contributed by atoms with Crippen LogP contribution in [0.15, 0.2) is 42.7 Å². The number of hydrogen-bond acceptors (Lipinski definition) is 2. The summed E-state index contributed by atoms with van der Waals surface area (Å²) in [6.07, 6.45) is 3.30. The largest absolute Gasteiger partial charge is 0.396 e. The number of nitrogens with two attached hydrogens (primary N) is 1. The first-order valence-electron chi connectivity index (χ1n) is 4.23. The van der Waals surface area contributed by atoms with Crippen LogP contribution in [0.1, 0.15) is 0 Å². The van der Waals surface area contributed by atoms with Crippen molar-refractivity contribution < 1.29 is 4.39 Å². The molecule has 0 amide bonds. The molecule has 2 N–H and O–H groups in total. The van der Waals surface area contributed by atoms with Gasteiger partial charge in [0.15, 0.2) is 0 Å². The highest BCUT2D eigenvalue weighted by Gasteiger charge is 2.05. The number of para-hydroxylation sites is 1. The van der Waals surface area contributed by atoms with Gasteiger partial charge < -0.3 is 5.73 Å². The van der Waals surface area contributed by atoms with E-state index >= 15 is 0 Å². The lowest BCUT2D eigenvalue weighted by molar-refractivity contribution is 0.633. The fourth-order valence-corrected chi connectivity index (χ4v) is 1.32. The van der Waals surface area contributed by atoms with Crippen molar-refractivity contribution in [2.75, 3.05) is 5.73 Å². The van der Waals surface area contributed by atoms with Crippen LogP contribution in [0.5, 0.6) is 0 Å². The Morgan fingerprint density at radius 1 is 1.07 bits per heavy atom. The minimum absolute atomic E-state index is 0.179. The third-order valence-corrected chi connectivity index (χ3v) is 2.04. The molecule has 0 fully saturated rings. The molecule has 14 heavy (non-hydrogen) atoms. The van der Waals surface area contributed by atoms with E-state index in [0.717, 1.165) is 5.56 Å². The second kappa shape index (κ2) is 3.46. The van der Waals surface area contributed by atoms with Gasteiger partial charge in [-0.25, -0.2) is 4.39 Å². The Morgan fingerprint density at radius 3 is 2.50 bits per heavy atom. The maximum absolute atomic E-state index is 13.1. The number of nitrogen functional groups attached to an aromatic ring is 1. The summed E-state index contributed by atoms with van der Waals surface area (Å²) < 4.78 is 13.1. The smallest absolute Gasteiger partial charge is 0.146 e. The Kier molecular flexibility index (Phi) is 2.14. The van der Waals surface area contributed by atoms with Crippen LogP contribution in [-0.2, 0) is 0 Å². The van der Waals surface area contributed by atoms with E-state index in [1.807, 2.05) is 0 Å². The number of nitrogens with zero attached hydrogens (tertiary/aromatic N) is 1. The van der Waals surface area contributed by atoms with Crippen LogP contribution in [0.25, 0.3) is 11.1 Å². The van der Waals surface area contributed by atoms with Crippen molar-refractivity contribution in [3.05, 3.63) is 48.5 Å². The third-order valence-electron chi connectivity index (χ3n) is 2.04. The van der Waals surface area contributed by atoms with Gasteiger partial charge in [0.05, 0.1) is 5.69 Å². The molecule has 0 radical (unpaired) electrons. The van der Waals surface area contributed by atoms with Crippen LogP contribution in [0.2, 0.25) is 0 Å². The van der Waals surface area contributed by atoms with Crippen molar-refractivity contribution in [3.63, 3.8) is 0 Å². The van der Waals surface area contributed by atoms with Gasteiger partial charge in [0, 0.05) is 18.0 Å². The average Bonchev–Trinajstić information content (AvgIpc) is 2.23. The normalized spacial score (nSPS) is 10.1. The molecule has 1 aromatic carbocycles. The second-order valence-corrected chi connectivity index (χ2v) is 2.94. The molecule has 70 valence electrons. The molecule has 1 heterocycles. The number of rotatable bonds is 1. The number of anilines is 1. The highest BCUT2D eigenvalue weighted by Crippen LogP contribution is 2.26. The van der Waals surface area contributed by atoms with E-state index in [2.05, 4.69) is 4.98 Å². The summed E-state index contributed by atoms with van der Waals surface area (Å²) in [7, 11) is 0. The Balaban J connectivity index is 2.58. The molecular weight excluding hydrogens is 179 g/mol. The predicted molar refractivity (Wildman–Crippen MR) is 54.0 cm³/mol. The minimum Gasteiger partial charge on any atom is -0.396 e. The minimum atomic E-state index is -0.390. The zero-order chi connectivity index (χ0) is 9.97. The lowest BCUT2D eigenvalue weighted by Crippen LogP contribution is -1.93. The van der Waals surface area contributed by atoms with Crippen LogP contribution < -0.4 is 5.73 Å². The topological polar surface area (TPSA) is 38.9 Å². The van der Waals surface area contributed by atoms with Gasteiger partial charge in [-0.2, -0.15) is 0 Å². The van der Waals surface area contributed by atoms with Gasteiger partial charge in [-0.05, 0) is 23.8 Å². The lowest BCUT2D eigenvalue weighted by atomic mass is 10.1. The van der Waals surface area contributed by atoms with Gasteiger partial charge in [0.2, 0.25) is 0 Å². The molecule has 0 aliphatic heterocycles. The first-order chi connectivity index (χ1) is 6.79. The molecule has 0 aliphatic carbocycles. The summed E-state index contributed by atoms with van der Waals surface area (Å²) in [6, 6.07) is 8.37. The molecule has 0 saturated carbocycles. The molecule has 0 aliphatic rings. The molecule has 0 spiro atoms. The number of aromatic nitrogens is 1. The number of benzene rings is 1. The summed E-state index contributed by atoms with van der Waals surface area (Å²) in [5.41, 5.74) is 7.37. The molecule has 2 rings (SSSR count). The quantitative estimate of drug-likeness (QED) is 0.698. The first kappa shape index (κ1) is 8.69. The van der Waals surface area contributed by atoms with Gasteiger partial charge in [-0.3, -0.25) is 4.98 Å². The fraction of sp³-hybridized carbons (Fsp3) is 0. The van der Waals surface area contributed by atoms with Crippen molar-refractivity contribution in [3.8, 4) is 11.1 Å². The maximum Gasteiger partial charge on any atom is 0.146 e. The van der Waals surface area contributed by atoms with Crippen LogP contribution in [0, 0.1) is 5.82 Å². The fourth-order valence-electron chi connectivity index (χ4n) is 1.32. The van der Waals surface area contributed by atoms with E-state index in [4.69, 9.17) is 5.73 Å². The summed E-state index contributed by atoms with van der Waals surface area (Å²) >= 11 is 0. The van der Waals surface area contributed by atoms with E-state index < -0.39 is 0 Å². The van der Waals surface area contributed by atoms with Gasteiger partial charge in [0.1, 0.15) is 5.82 Å². The highest BCUT2D eigenvalue weighted by molar-refractivity contribution is 5.76. The summed E-state index contributed by atoms with van der Waals surface area (Å²) in [6.45, 7) is 0. The van der Waals surface area contributed by atoms with Crippen LogP contribution in [0.4, 0.5) is 10.1 Å². The molecule has 0 saturated heterocycles. The Bertz CT molecular complexity index is 440. The molecule has 0 atom stereocenters. The van der Waals surface area contributed by atoms with Crippen LogP contribution in [-0.4, -0.2) is 4.98 Å². The van der Waals surface area contributed by atoms with Gasteiger partial charge in [-0.15, -0.1) is 0 Å². The summed E-state index contributed by atoms with van der Waals surface area (Å²) in [5.74, 6) is -0.390. The Morgan fingerprint density at radius 2 is 1.79 bits per heavy atom. The van der Waals surface area contributed by atoms with Crippen LogP contribution >= 0.6 is 0 Å². The number of pyridine rings is 1. The number of halogens is 1. The molecule has 1 aromatic heterocycles. The standard InChI is InChI=1S/C11H9FN2/c12-10-3-1-2-9(11(10)13)8-4-6-14-7-5-8/h1-7H,13H2. The van der Waals surface area contributed by atoms with Crippen molar-refractivity contribution in [2.45, 2.75) is 0 Å². The van der Waals surface area contributed by atoms with E-state index in [-0.39, 0.29) is 11.5 Å². The van der Waals surface area contributed by atoms with E-state index in [9.17, 15) is 4.39 Å². The summed E-state index contributed by atoms with van der Waals surface area (Å²) in [4.78, 5) is 3.89.